The van der Waals surface area contributed by atoms with Gasteiger partial charge in [-0.1, -0.05) is 12.1 Å². The maximum atomic E-state index is 11.4. The smallest absolute Gasteiger partial charge is 0.258 e. The lowest BCUT2D eigenvalue weighted by Crippen LogP contribution is -2.36. The van der Waals surface area contributed by atoms with Crippen molar-refractivity contribution in [3.8, 4) is 5.75 Å². The highest BCUT2D eigenvalue weighted by Crippen LogP contribution is 2.16. The van der Waals surface area contributed by atoms with Gasteiger partial charge in [0.1, 0.15) is 5.75 Å². The third kappa shape index (κ3) is 4.94. The predicted octanol–water partition coefficient (Wildman–Crippen LogP) is -1.37. The number of hydrogen-bond acceptors (Lipinski definition) is 5. The first kappa shape index (κ1) is 14.9. The molecule has 0 aliphatic heterocycles. The molecule has 0 heterocycles. The molecule has 0 saturated carbocycles. The molecule has 1 rings (SSSR count). The van der Waals surface area contributed by atoms with Crippen molar-refractivity contribution in [1.82, 2.24) is 5.32 Å². The second-order valence-electron chi connectivity index (χ2n) is 3.79. The van der Waals surface area contributed by atoms with Crippen molar-refractivity contribution in [2.24, 2.45) is 5.73 Å². The fourth-order valence-electron chi connectivity index (χ4n) is 1.29. The lowest BCUT2D eigenvalue weighted by molar-refractivity contribution is -0.123. The zero-order valence-corrected chi connectivity index (χ0v) is 10.2. The van der Waals surface area contributed by atoms with E-state index in [-0.39, 0.29) is 24.5 Å². The van der Waals surface area contributed by atoms with Crippen LogP contribution in [0.1, 0.15) is 10.4 Å². The minimum Gasteiger partial charge on any atom is -0.483 e. The van der Waals surface area contributed by atoms with E-state index in [0.717, 1.165) is 0 Å². The number of carbonyl (C=O) groups excluding carboxylic acids is 2. The molecule has 2 amide bonds. The van der Waals surface area contributed by atoms with E-state index in [2.05, 4.69) is 5.32 Å². The molecular formula is C12H16N2O5. The van der Waals surface area contributed by atoms with Crippen LogP contribution < -0.4 is 15.8 Å². The first-order valence-corrected chi connectivity index (χ1v) is 5.62. The number of benzene rings is 1. The molecule has 104 valence electrons. The van der Waals surface area contributed by atoms with Crippen molar-refractivity contribution in [3.63, 3.8) is 0 Å². The molecule has 0 radical (unpaired) electrons. The number of rotatable bonds is 7. The second-order valence-corrected chi connectivity index (χ2v) is 3.79. The van der Waals surface area contributed by atoms with Gasteiger partial charge in [0, 0.05) is 6.54 Å². The summed E-state index contributed by atoms with van der Waals surface area (Å²) in [5.41, 5.74) is 5.34. The topological polar surface area (TPSA) is 122 Å². The molecule has 0 bridgehead atoms. The highest BCUT2D eigenvalue weighted by atomic mass is 16.5. The zero-order chi connectivity index (χ0) is 14.3. The normalized spacial score (nSPS) is 11.7. The second kappa shape index (κ2) is 7.34. The summed E-state index contributed by atoms with van der Waals surface area (Å²) in [6, 6.07) is 6.29. The number of para-hydroxylation sites is 1. The van der Waals surface area contributed by atoms with Crippen LogP contribution in [0.15, 0.2) is 24.3 Å². The monoisotopic (exact) mass is 268 g/mol. The molecule has 1 unspecified atom stereocenters. The van der Waals surface area contributed by atoms with E-state index in [1.54, 1.807) is 12.1 Å². The number of carbonyl (C=O) groups is 2. The maximum absolute atomic E-state index is 11.4. The summed E-state index contributed by atoms with van der Waals surface area (Å²) in [7, 11) is 0. The Morgan fingerprint density at radius 3 is 2.68 bits per heavy atom. The van der Waals surface area contributed by atoms with Crippen molar-refractivity contribution in [2.45, 2.75) is 6.10 Å². The summed E-state index contributed by atoms with van der Waals surface area (Å²) < 4.78 is 5.17. The van der Waals surface area contributed by atoms with Crippen LogP contribution in [0.5, 0.6) is 5.75 Å². The van der Waals surface area contributed by atoms with E-state index in [4.69, 9.17) is 20.7 Å². The summed E-state index contributed by atoms with van der Waals surface area (Å²) in [6.45, 7) is -0.829. The number of hydrogen-bond donors (Lipinski definition) is 4. The van der Waals surface area contributed by atoms with Gasteiger partial charge < -0.3 is 26.0 Å². The van der Waals surface area contributed by atoms with Crippen LogP contribution in [0.4, 0.5) is 0 Å². The van der Waals surface area contributed by atoms with Crippen molar-refractivity contribution >= 4 is 11.8 Å². The van der Waals surface area contributed by atoms with E-state index in [0.29, 0.717) is 0 Å². The summed E-state index contributed by atoms with van der Waals surface area (Å²) in [4.78, 5) is 22.5. The van der Waals surface area contributed by atoms with Crippen molar-refractivity contribution < 1.29 is 24.5 Å². The molecule has 1 aromatic rings. The summed E-state index contributed by atoms with van der Waals surface area (Å²) >= 11 is 0. The minimum atomic E-state index is -1.01. The number of nitrogens with two attached hydrogens (primary N) is 1. The Hall–Kier alpha value is -2.12. The average Bonchev–Trinajstić information content (AvgIpc) is 2.42. The molecular weight excluding hydrogens is 252 g/mol. The number of nitrogens with one attached hydrogen (secondary N) is 1. The number of primary amides is 1. The number of aliphatic hydroxyl groups is 2. The van der Waals surface area contributed by atoms with Crippen molar-refractivity contribution in [1.29, 1.82) is 0 Å². The van der Waals surface area contributed by atoms with Crippen molar-refractivity contribution in [2.75, 3.05) is 19.8 Å². The maximum Gasteiger partial charge on any atom is 0.258 e. The SMILES string of the molecule is NC(=O)c1ccccc1OCC(=O)NCC(O)CO. The first-order valence-electron chi connectivity index (χ1n) is 5.62. The van der Waals surface area contributed by atoms with Crippen LogP contribution in [0, 0.1) is 0 Å². The van der Waals surface area contributed by atoms with E-state index in [1.165, 1.54) is 12.1 Å². The van der Waals surface area contributed by atoms with Gasteiger partial charge in [0.2, 0.25) is 0 Å². The average molecular weight is 268 g/mol. The predicted molar refractivity (Wildman–Crippen MR) is 66.6 cm³/mol. The molecule has 0 fully saturated rings. The van der Waals surface area contributed by atoms with E-state index < -0.39 is 24.5 Å². The lowest BCUT2D eigenvalue weighted by atomic mass is 10.2. The van der Waals surface area contributed by atoms with Crippen LogP contribution >= 0.6 is 0 Å². The molecule has 0 aromatic heterocycles. The van der Waals surface area contributed by atoms with Gasteiger partial charge >= 0.3 is 0 Å². The fourth-order valence-corrected chi connectivity index (χ4v) is 1.29. The molecule has 5 N–H and O–H groups in total. The van der Waals surface area contributed by atoms with Gasteiger partial charge in [0.25, 0.3) is 11.8 Å². The highest BCUT2D eigenvalue weighted by molar-refractivity contribution is 5.95. The highest BCUT2D eigenvalue weighted by Gasteiger charge is 2.11. The lowest BCUT2D eigenvalue weighted by Gasteiger charge is -2.11. The molecule has 1 aromatic carbocycles. The Balaban J connectivity index is 2.48. The zero-order valence-electron chi connectivity index (χ0n) is 10.2. The van der Waals surface area contributed by atoms with Crippen molar-refractivity contribution in [3.05, 3.63) is 29.8 Å². The van der Waals surface area contributed by atoms with E-state index >= 15 is 0 Å². The summed E-state index contributed by atoms with van der Waals surface area (Å²) in [6.07, 6.45) is -1.01. The number of amides is 2. The van der Waals surface area contributed by atoms with Crippen LogP contribution in [-0.2, 0) is 4.79 Å². The van der Waals surface area contributed by atoms with Gasteiger partial charge in [-0.05, 0) is 12.1 Å². The Labute approximate surface area is 110 Å². The molecule has 0 spiro atoms. The van der Waals surface area contributed by atoms with Gasteiger partial charge in [-0.15, -0.1) is 0 Å². The largest absolute Gasteiger partial charge is 0.483 e. The van der Waals surface area contributed by atoms with Gasteiger partial charge in [0.15, 0.2) is 6.61 Å². The Morgan fingerprint density at radius 2 is 2.05 bits per heavy atom. The third-order valence-electron chi connectivity index (χ3n) is 2.26. The van der Waals surface area contributed by atoms with Crippen LogP contribution in [0.25, 0.3) is 0 Å². The first-order chi connectivity index (χ1) is 9.04. The third-order valence-corrected chi connectivity index (χ3v) is 2.26. The van der Waals surface area contributed by atoms with Gasteiger partial charge in [-0.2, -0.15) is 0 Å². The van der Waals surface area contributed by atoms with Crippen LogP contribution in [-0.4, -0.2) is 47.9 Å². The molecule has 19 heavy (non-hydrogen) atoms. The molecule has 0 aliphatic carbocycles. The molecule has 7 heteroatoms. The molecule has 7 nitrogen and oxygen atoms in total. The van der Waals surface area contributed by atoms with E-state index in [9.17, 15) is 9.59 Å². The van der Waals surface area contributed by atoms with Crippen LogP contribution in [0.3, 0.4) is 0 Å². The van der Waals surface area contributed by atoms with Crippen LogP contribution in [0.2, 0.25) is 0 Å². The standard InChI is InChI=1S/C12H16N2O5/c13-12(18)9-3-1-2-4-10(9)19-7-11(17)14-5-8(16)6-15/h1-4,8,15-16H,5-7H2,(H2,13,18)(H,14,17). The molecule has 0 aliphatic rings. The van der Waals surface area contributed by atoms with E-state index in [1.807, 2.05) is 0 Å². The summed E-state index contributed by atoms with van der Waals surface area (Å²) in [5.74, 6) is -0.911. The molecule has 1 atom stereocenters. The minimum absolute atomic E-state index is 0.0733. The Morgan fingerprint density at radius 1 is 1.37 bits per heavy atom. The Kier molecular flexibility index (Phi) is 5.77. The van der Waals surface area contributed by atoms with Gasteiger partial charge in [-0.3, -0.25) is 9.59 Å². The Bertz CT molecular complexity index is 450. The number of aliphatic hydroxyl groups excluding tert-OH is 2. The summed E-state index contributed by atoms with van der Waals surface area (Å²) in [5, 5.41) is 20.0. The van der Waals surface area contributed by atoms with Gasteiger partial charge in [-0.25, -0.2) is 0 Å². The quantitative estimate of drug-likeness (QED) is 0.486. The fraction of sp³-hybridized carbons (Fsp3) is 0.333. The number of ether oxygens (including phenoxy) is 1. The van der Waals surface area contributed by atoms with Gasteiger partial charge in [0.05, 0.1) is 18.3 Å². The molecule has 0 saturated heterocycles.